The Labute approximate surface area is 153 Å². The third-order valence-electron chi connectivity index (χ3n) is 4.40. The molecular formula is C19H22Cl2O3. The van der Waals surface area contributed by atoms with Crippen LogP contribution in [0, 0.1) is 5.92 Å². The number of hydrogen-bond acceptors (Lipinski definition) is 3. The van der Waals surface area contributed by atoms with Crippen molar-refractivity contribution in [1.29, 1.82) is 0 Å². The van der Waals surface area contributed by atoms with Gasteiger partial charge in [-0.15, -0.1) is 6.58 Å². The van der Waals surface area contributed by atoms with Gasteiger partial charge >= 0.3 is 5.97 Å². The van der Waals surface area contributed by atoms with E-state index in [1.165, 1.54) is 0 Å². The summed E-state index contributed by atoms with van der Waals surface area (Å²) >= 11 is 12.3. The summed E-state index contributed by atoms with van der Waals surface area (Å²) in [5.41, 5.74) is 0.829. The Morgan fingerprint density at radius 2 is 2.17 bits per heavy atom. The number of ketones is 1. The number of hydrogen-bond donors (Lipinski definition) is 0. The number of Topliss-reactive ketones (excluding diaryl/α,β-unsaturated/α-hetero) is 1. The first-order valence-electron chi connectivity index (χ1n) is 8.28. The lowest BCUT2D eigenvalue weighted by Gasteiger charge is -2.32. The minimum Gasteiger partial charge on any atom is -0.454 e. The van der Waals surface area contributed by atoms with Gasteiger partial charge in [-0.1, -0.05) is 42.3 Å². The molecule has 1 aromatic rings. The van der Waals surface area contributed by atoms with Gasteiger partial charge in [0.2, 0.25) is 0 Å². The average molecular weight is 369 g/mol. The van der Waals surface area contributed by atoms with Gasteiger partial charge in [-0.25, -0.2) is 0 Å². The first kappa shape index (κ1) is 19.0. The van der Waals surface area contributed by atoms with Crippen LogP contribution in [0.25, 0.3) is 0 Å². The number of ether oxygens (including phenoxy) is 1. The molecule has 24 heavy (non-hydrogen) atoms. The molecule has 0 aliphatic heterocycles. The number of halogens is 2. The van der Waals surface area contributed by atoms with Crippen molar-refractivity contribution in [2.75, 3.05) is 0 Å². The van der Waals surface area contributed by atoms with Gasteiger partial charge in [0.25, 0.3) is 0 Å². The summed E-state index contributed by atoms with van der Waals surface area (Å²) < 4.78 is 5.38. The number of allylic oxidation sites excluding steroid dienone is 1. The summed E-state index contributed by atoms with van der Waals surface area (Å²) in [4.78, 5) is 24.6. The number of rotatable bonds is 6. The largest absolute Gasteiger partial charge is 0.454 e. The predicted octanol–water partition coefficient (Wildman–Crippen LogP) is 5.34. The van der Waals surface area contributed by atoms with Gasteiger partial charge in [0, 0.05) is 28.3 Å². The number of carbonyl (C=O) groups excluding carboxylic acids is 2. The van der Waals surface area contributed by atoms with Crippen molar-refractivity contribution in [2.24, 2.45) is 5.92 Å². The fraction of sp³-hybridized carbons (Fsp3) is 0.474. The zero-order valence-corrected chi connectivity index (χ0v) is 15.3. The number of esters is 1. The monoisotopic (exact) mass is 368 g/mol. The molecule has 0 heterocycles. The summed E-state index contributed by atoms with van der Waals surface area (Å²) in [5, 5.41) is 1.07. The standard InChI is InChI=1S/C19H22Cl2O3/c1-3-6-18(22)24-17-8-5-7-15(19(17)23)13(4-2)14-10-9-12(20)11-16(14)21/h4,9-11,13,15,17H,2-3,5-8H2,1H3. The van der Waals surface area contributed by atoms with E-state index in [1.807, 2.05) is 13.0 Å². The number of benzene rings is 1. The van der Waals surface area contributed by atoms with Gasteiger partial charge in [0.05, 0.1) is 0 Å². The van der Waals surface area contributed by atoms with Gasteiger partial charge in [0.1, 0.15) is 0 Å². The van der Waals surface area contributed by atoms with Crippen molar-refractivity contribution in [2.45, 2.75) is 51.0 Å². The zero-order chi connectivity index (χ0) is 17.7. The summed E-state index contributed by atoms with van der Waals surface area (Å²) in [6.45, 7) is 5.78. The molecule has 3 nitrogen and oxygen atoms in total. The van der Waals surface area contributed by atoms with E-state index < -0.39 is 6.10 Å². The molecule has 3 unspecified atom stereocenters. The van der Waals surface area contributed by atoms with Crippen LogP contribution in [0.3, 0.4) is 0 Å². The van der Waals surface area contributed by atoms with Gasteiger partial charge in [0.15, 0.2) is 11.9 Å². The SMILES string of the molecule is C=CC(c1ccc(Cl)cc1Cl)C1CCCC(OC(=O)CCC)C1=O. The second-order valence-electron chi connectivity index (χ2n) is 6.10. The van der Waals surface area contributed by atoms with Crippen LogP contribution in [-0.2, 0) is 14.3 Å². The lowest BCUT2D eigenvalue weighted by atomic mass is 9.75. The van der Waals surface area contributed by atoms with Gasteiger partial charge in [-0.2, -0.15) is 0 Å². The lowest BCUT2D eigenvalue weighted by molar-refractivity contribution is -0.159. The van der Waals surface area contributed by atoms with Crippen LogP contribution in [-0.4, -0.2) is 17.9 Å². The van der Waals surface area contributed by atoms with Gasteiger partial charge < -0.3 is 4.74 Å². The maximum absolute atomic E-state index is 12.8. The fourth-order valence-electron chi connectivity index (χ4n) is 3.22. The van der Waals surface area contributed by atoms with Crippen LogP contribution in [0.1, 0.15) is 50.5 Å². The topological polar surface area (TPSA) is 43.4 Å². The maximum atomic E-state index is 12.8. The zero-order valence-electron chi connectivity index (χ0n) is 13.8. The van der Waals surface area contributed by atoms with Crippen LogP contribution < -0.4 is 0 Å². The first-order valence-corrected chi connectivity index (χ1v) is 9.04. The van der Waals surface area contributed by atoms with E-state index in [9.17, 15) is 9.59 Å². The molecule has 1 fully saturated rings. The predicted molar refractivity (Wildman–Crippen MR) is 96.5 cm³/mol. The Balaban J connectivity index is 2.20. The molecule has 1 aromatic carbocycles. The molecule has 0 aromatic heterocycles. The van der Waals surface area contributed by atoms with Crippen LogP contribution in [0.15, 0.2) is 30.9 Å². The molecule has 130 valence electrons. The summed E-state index contributed by atoms with van der Waals surface area (Å²) in [6, 6.07) is 5.25. The highest BCUT2D eigenvalue weighted by Gasteiger charge is 2.38. The quantitative estimate of drug-likeness (QED) is 0.502. The molecular weight excluding hydrogens is 347 g/mol. The Kier molecular flexibility index (Phi) is 6.88. The first-order chi connectivity index (χ1) is 11.5. The molecule has 0 saturated heterocycles. The average Bonchev–Trinajstić information content (AvgIpc) is 2.53. The minimum atomic E-state index is -0.656. The smallest absolute Gasteiger partial charge is 0.306 e. The Morgan fingerprint density at radius 1 is 1.42 bits per heavy atom. The highest BCUT2D eigenvalue weighted by molar-refractivity contribution is 6.35. The molecule has 0 spiro atoms. The Morgan fingerprint density at radius 3 is 2.79 bits per heavy atom. The van der Waals surface area contributed by atoms with E-state index in [1.54, 1.807) is 18.2 Å². The molecule has 1 aliphatic rings. The normalized spacial score (nSPS) is 22.0. The minimum absolute atomic E-state index is 0.0402. The third-order valence-corrected chi connectivity index (χ3v) is 4.96. The van der Waals surface area contributed by atoms with E-state index in [4.69, 9.17) is 27.9 Å². The van der Waals surface area contributed by atoms with Crippen LogP contribution >= 0.6 is 23.2 Å². The summed E-state index contributed by atoms with van der Waals surface area (Å²) in [7, 11) is 0. The van der Waals surface area contributed by atoms with Crippen molar-refractivity contribution in [3.63, 3.8) is 0 Å². The molecule has 2 rings (SSSR count). The second-order valence-corrected chi connectivity index (χ2v) is 6.94. The van der Waals surface area contributed by atoms with Crippen molar-refractivity contribution in [1.82, 2.24) is 0 Å². The fourth-order valence-corrected chi connectivity index (χ4v) is 3.76. The highest BCUT2D eigenvalue weighted by Crippen LogP contribution is 2.39. The van der Waals surface area contributed by atoms with E-state index >= 15 is 0 Å². The van der Waals surface area contributed by atoms with E-state index in [0.717, 1.165) is 18.4 Å². The van der Waals surface area contributed by atoms with Crippen molar-refractivity contribution >= 4 is 35.0 Å². The van der Waals surface area contributed by atoms with Gasteiger partial charge in [-0.05, 0) is 43.4 Å². The molecule has 0 bridgehead atoms. The van der Waals surface area contributed by atoms with Crippen LogP contribution in [0.4, 0.5) is 0 Å². The number of carbonyl (C=O) groups is 2. The highest BCUT2D eigenvalue weighted by atomic mass is 35.5. The summed E-state index contributed by atoms with van der Waals surface area (Å²) in [5.74, 6) is -0.845. The molecule has 3 atom stereocenters. The molecule has 0 amide bonds. The van der Waals surface area contributed by atoms with Crippen LogP contribution in [0.2, 0.25) is 10.0 Å². The second kappa shape index (κ2) is 8.68. The van der Waals surface area contributed by atoms with Crippen LogP contribution in [0.5, 0.6) is 0 Å². The van der Waals surface area contributed by atoms with E-state index in [0.29, 0.717) is 29.3 Å². The van der Waals surface area contributed by atoms with E-state index in [-0.39, 0.29) is 23.6 Å². The van der Waals surface area contributed by atoms with Gasteiger partial charge in [-0.3, -0.25) is 9.59 Å². The Hall–Kier alpha value is -1.32. The lowest BCUT2D eigenvalue weighted by Crippen LogP contribution is -2.38. The van der Waals surface area contributed by atoms with Crippen molar-refractivity contribution in [3.8, 4) is 0 Å². The molecule has 5 heteroatoms. The van der Waals surface area contributed by atoms with Crippen molar-refractivity contribution < 1.29 is 14.3 Å². The molecule has 1 aliphatic carbocycles. The molecule has 0 N–H and O–H groups in total. The summed E-state index contributed by atoms with van der Waals surface area (Å²) in [6.07, 6.45) is 4.28. The molecule has 0 radical (unpaired) electrons. The maximum Gasteiger partial charge on any atom is 0.306 e. The van der Waals surface area contributed by atoms with E-state index in [2.05, 4.69) is 6.58 Å². The Bertz CT molecular complexity index is 627. The molecule has 1 saturated carbocycles. The van der Waals surface area contributed by atoms with Crippen molar-refractivity contribution in [3.05, 3.63) is 46.5 Å². The third kappa shape index (κ3) is 4.40.